The van der Waals surface area contributed by atoms with Crippen molar-refractivity contribution >= 4 is 17.5 Å². The van der Waals surface area contributed by atoms with E-state index in [1.807, 2.05) is 45.2 Å². The smallest absolute Gasteiger partial charge is 0.352 e. The molecule has 0 spiro atoms. The first-order valence-corrected chi connectivity index (χ1v) is 9.10. The lowest BCUT2D eigenvalue weighted by Crippen LogP contribution is -2.30. The number of rotatable bonds is 6. The maximum Gasteiger partial charge on any atom is 0.352 e. The molecule has 0 radical (unpaired) electrons. The molecule has 0 aliphatic heterocycles. The van der Waals surface area contributed by atoms with Crippen LogP contribution in [0.5, 0.6) is 0 Å². The van der Waals surface area contributed by atoms with Crippen LogP contribution in [0.3, 0.4) is 0 Å². The second kappa shape index (κ2) is 10.2. The molecule has 12 nitrogen and oxygen atoms in total. The van der Waals surface area contributed by atoms with E-state index in [-0.39, 0.29) is 23.3 Å². The average Bonchev–Trinajstić information content (AvgIpc) is 3.15. The molecule has 0 unspecified atom stereocenters. The monoisotopic (exact) mass is 415 g/mol. The number of hydrogen-bond acceptors (Lipinski definition) is 8. The summed E-state index contributed by atoms with van der Waals surface area (Å²) in [4.78, 5) is 37.5. The molecule has 1 aromatic carbocycles. The van der Waals surface area contributed by atoms with Crippen molar-refractivity contribution in [1.29, 1.82) is 0 Å². The van der Waals surface area contributed by atoms with Crippen molar-refractivity contribution in [2.45, 2.75) is 26.4 Å². The number of nitrogens with zero attached hydrogens (tertiary/aromatic N) is 5. The summed E-state index contributed by atoms with van der Waals surface area (Å²) in [5.41, 5.74) is 12.3. The average molecular weight is 415 g/mol. The van der Waals surface area contributed by atoms with Gasteiger partial charge in [-0.05, 0) is 38.6 Å². The SMILES string of the molecule is CNNCc1ccc(C(=O)NC(C)C)cc1.Cn1nnc2c(C(N)=O)ncn2c1=O. The van der Waals surface area contributed by atoms with E-state index in [0.717, 1.165) is 21.2 Å². The zero-order chi connectivity index (χ0) is 22.3. The van der Waals surface area contributed by atoms with E-state index >= 15 is 0 Å². The molecule has 0 fully saturated rings. The van der Waals surface area contributed by atoms with Crippen molar-refractivity contribution in [2.24, 2.45) is 12.8 Å². The zero-order valence-electron chi connectivity index (χ0n) is 17.2. The lowest BCUT2D eigenvalue weighted by molar-refractivity contribution is 0.0942. The van der Waals surface area contributed by atoms with Gasteiger partial charge < -0.3 is 11.1 Å². The molecule has 0 bridgehead atoms. The number of aromatic nitrogens is 5. The molecule has 2 amide bonds. The molecule has 2 heterocycles. The van der Waals surface area contributed by atoms with Crippen molar-refractivity contribution in [3.8, 4) is 0 Å². The van der Waals surface area contributed by atoms with Gasteiger partial charge in [-0.3, -0.25) is 20.4 Å². The van der Waals surface area contributed by atoms with E-state index in [4.69, 9.17) is 5.73 Å². The second-order valence-corrected chi connectivity index (χ2v) is 6.58. The Morgan fingerprint density at radius 3 is 2.43 bits per heavy atom. The maximum absolute atomic E-state index is 11.6. The number of nitrogens with one attached hydrogen (secondary N) is 3. The first kappa shape index (κ1) is 22.6. The highest BCUT2D eigenvalue weighted by molar-refractivity contribution is 5.96. The highest BCUT2D eigenvalue weighted by Crippen LogP contribution is 2.04. The lowest BCUT2D eigenvalue weighted by Gasteiger charge is -2.09. The molecule has 12 heteroatoms. The number of hydrogen-bond donors (Lipinski definition) is 4. The van der Waals surface area contributed by atoms with Gasteiger partial charge >= 0.3 is 5.69 Å². The van der Waals surface area contributed by atoms with E-state index < -0.39 is 11.6 Å². The predicted molar refractivity (Wildman–Crippen MR) is 109 cm³/mol. The van der Waals surface area contributed by atoms with Crippen LogP contribution in [0.4, 0.5) is 0 Å². The Labute approximate surface area is 172 Å². The Morgan fingerprint density at radius 1 is 1.20 bits per heavy atom. The fraction of sp³-hybridized carbons (Fsp3) is 0.333. The second-order valence-electron chi connectivity index (χ2n) is 6.58. The van der Waals surface area contributed by atoms with Crippen molar-refractivity contribution in [3.63, 3.8) is 0 Å². The molecule has 0 saturated heterocycles. The number of nitrogens with two attached hydrogens (primary N) is 1. The number of fused-ring (bicyclic) bond motifs is 1. The summed E-state index contributed by atoms with van der Waals surface area (Å²) in [6, 6.07) is 7.73. The number of carbonyl (C=O) groups excluding carboxylic acids is 2. The van der Waals surface area contributed by atoms with E-state index in [9.17, 15) is 14.4 Å². The van der Waals surface area contributed by atoms with Crippen LogP contribution in [0.2, 0.25) is 0 Å². The van der Waals surface area contributed by atoms with Crippen LogP contribution in [0.25, 0.3) is 5.65 Å². The van der Waals surface area contributed by atoms with Gasteiger partial charge in [0.2, 0.25) is 0 Å². The topological polar surface area (TPSA) is 161 Å². The summed E-state index contributed by atoms with van der Waals surface area (Å²) < 4.78 is 2.13. The molecule has 5 N–H and O–H groups in total. The maximum atomic E-state index is 11.6. The summed E-state index contributed by atoms with van der Waals surface area (Å²) in [6.45, 7) is 4.63. The Hall–Kier alpha value is -3.64. The first-order valence-electron chi connectivity index (χ1n) is 9.10. The minimum Gasteiger partial charge on any atom is -0.364 e. The van der Waals surface area contributed by atoms with Gasteiger partial charge in [-0.15, -0.1) is 5.10 Å². The summed E-state index contributed by atoms with van der Waals surface area (Å²) in [7, 11) is 3.27. The minimum atomic E-state index is -0.741. The summed E-state index contributed by atoms with van der Waals surface area (Å²) in [5.74, 6) is -0.766. The Bertz CT molecular complexity index is 1070. The van der Waals surface area contributed by atoms with Crippen LogP contribution in [0, 0.1) is 0 Å². The van der Waals surface area contributed by atoms with Crippen molar-refractivity contribution in [2.75, 3.05) is 7.05 Å². The minimum absolute atomic E-state index is 0.0249. The molecule has 0 saturated carbocycles. The third-order valence-corrected chi connectivity index (χ3v) is 3.84. The third kappa shape index (κ3) is 5.68. The fourth-order valence-corrected chi connectivity index (χ4v) is 2.36. The van der Waals surface area contributed by atoms with E-state index in [0.29, 0.717) is 5.56 Å². The zero-order valence-corrected chi connectivity index (χ0v) is 17.2. The van der Waals surface area contributed by atoms with Crippen molar-refractivity contribution in [3.05, 3.63) is 57.9 Å². The van der Waals surface area contributed by atoms with Crippen LogP contribution in [-0.4, -0.2) is 49.3 Å². The summed E-state index contributed by atoms with van der Waals surface area (Å²) in [5, 5.41) is 10.00. The van der Waals surface area contributed by atoms with Crippen LogP contribution in [-0.2, 0) is 13.6 Å². The number of aryl methyl sites for hydroxylation is 1. The van der Waals surface area contributed by atoms with Gasteiger partial charge in [0.15, 0.2) is 11.3 Å². The standard InChI is InChI=1S/C12H19N3O.C6H6N6O2/c1-9(2)15-12(16)11-6-4-10(5-7-11)8-14-13-3;1-11-6(14)12-2-8-3(4(7)13)5(12)9-10-11/h4-7,9,13-14H,8H2,1-3H3,(H,15,16);2H,1H3,(H2,7,13). The van der Waals surface area contributed by atoms with Gasteiger partial charge in [0.05, 0.1) is 0 Å². The summed E-state index contributed by atoms with van der Waals surface area (Å²) >= 11 is 0. The van der Waals surface area contributed by atoms with E-state index in [1.54, 1.807) is 0 Å². The Morgan fingerprint density at radius 2 is 1.87 bits per heavy atom. The lowest BCUT2D eigenvalue weighted by atomic mass is 10.1. The van der Waals surface area contributed by atoms with Gasteiger partial charge in [0.25, 0.3) is 11.8 Å². The molecule has 2 aromatic heterocycles. The molecule has 0 aliphatic rings. The first-order chi connectivity index (χ1) is 14.2. The highest BCUT2D eigenvalue weighted by atomic mass is 16.2. The van der Waals surface area contributed by atoms with Crippen molar-refractivity contribution in [1.82, 2.24) is 40.5 Å². The number of hydrazine groups is 1. The van der Waals surface area contributed by atoms with E-state index in [2.05, 4.69) is 31.5 Å². The molecular weight excluding hydrogens is 390 g/mol. The van der Waals surface area contributed by atoms with Crippen LogP contribution in [0.1, 0.15) is 40.3 Å². The molecule has 160 valence electrons. The molecule has 0 aliphatic carbocycles. The van der Waals surface area contributed by atoms with Crippen molar-refractivity contribution < 1.29 is 9.59 Å². The van der Waals surface area contributed by atoms with Gasteiger partial charge in [0.1, 0.15) is 6.33 Å². The summed E-state index contributed by atoms with van der Waals surface area (Å²) in [6.07, 6.45) is 1.19. The molecule has 3 rings (SSSR count). The van der Waals surface area contributed by atoms with Gasteiger partial charge in [-0.1, -0.05) is 17.3 Å². The van der Waals surface area contributed by atoms with Crippen LogP contribution < -0.4 is 27.6 Å². The number of imidazole rings is 1. The number of benzene rings is 1. The van der Waals surface area contributed by atoms with Crippen LogP contribution in [0.15, 0.2) is 35.4 Å². The normalized spacial score (nSPS) is 10.6. The van der Waals surface area contributed by atoms with Gasteiger partial charge in [0, 0.05) is 25.2 Å². The number of carbonyl (C=O) groups is 2. The molecule has 0 atom stereocenters. The van der Waals surface area contributed by atoms with Crippen LogP contribution >= 0.6 is 0 Å². The molecule has 30 heavy (non-hydrogen) atoms. The Kier molecular flexibility index (Phi) is 7.72. The quantitative estimate of drug-likeness (QED) is 0.372. The van der Waals surface area contributed by atoms with E-state index in [1.165, 1.54) is 13.4 Å². The van der Waals surface area contributed by atoms with Gasteiger partial charge in [-0.25, -0.2) is 14.2 Å². The Balaban J connectivity index is 0.000000215. The number of primary amides is 1. The van der Waals surface area contributed by atoms with Gasteiger partial charge in [-0.2, -0.15) is 4.68 Å². The highest BCUT2D eigenvalue weighted by Gasteiger charge is 2.13. The molecular formula is C18H25N9O3. The largest absolute Gasteiger partial charge is 0.364 e. The fourth-order valence-electron chi connectivity index (χ4n) is 2.36. The number of amides is 2. The predicted octanol–water partition coefficient (Wildman–Crippen LogP) is -1.03. The molecule has 3 aromatic rings. The third-order valence-electron chi connectivity index (χ3n) is 3.84.